The zero-order chi connectivity index (χ0) is 13.9. The summed E-state index contributed by atoms with van der Waals surface area (Å²) in [5.74, 6) is 0. The molecule has 3 rings (SSSR count). The van der Waals surface area contributed by atoms with E-state index in [1.165, 1.54) is 41.6 Å². The summed E-state index contributed by atoms with van der Waals surface area (Å²) in [4.78, 5) is 4.60. The van der Waals surface area contributed by atoms with Gasteiger partial charge in [-0.05, 0) is 50.3 Å². The van der Waals surface area contributed by atoms with E-state index in [2.05, 4.69) is 54.5 Å². The minimum absolute atomic E-state index is 0.355. The minimum atomic E-state index is 0.355. The van der Waals surface area contributed by atoms with E-state index in [9.17, 15) is 0 Å². The lowest BCUT2D eigenvalue weighted by Crippen LogP contribution is -2.28. The Kier molecular flexibility index (Phi) is 3.83. The Hall–Kier alpha value is -1.67. The Labute approximate surface area is 121 Å². The number of rotatable bonds is 3. The molecule has 0 amide bonds. The zero-order valence-corrected chi connectivity index (χ0v) is 12.3. The van der Waals surface area contributed by atoms with Gasteiger partial charge in [-0.15, -0.1) is 0 Å². The molecule has 2 aromatic rings. The summed E-state index contributed by atoms with van der Waals surface area (Å²) in [6.45, 7) is 4.37. The highest BCUT2D eigenvalue weighted by Gasteiger charge is 2.22. The molecule has 104 valence electrons. The van der Waals surface area contributed by atoms with Crippen LogP contribution in [0.5, 0.6) is 0 Å². The Morgan fingerprint density at radius 1 is 1.20 bits per heavy atom. The van der Waals surface area contributed by atoms with Gasteiger partial charge in [0.05, 0.1) is 11.7 Å². The van der Waals surface area contributed by atoms with Crippen molar-refractivity contribution in [1.29, 1.82) is 0 Å². The Morgan fingerprint density at radius 3 is 2.80 bits per heavy atom. The third-order valence-electron chi connectivity index (χ3n) is 4.22. The molecule has 20 heavy (non-hydrogen) atoms. The van der Waals surface area contributed by atoms with E-state index in [1.807, 2.05) is 12.3 Å². The summed E-state index contributed by atoms with van der Waals surface area (Å²) in [7, 11) is 0. The smallest absolute Gasteiger partial charge is 0.0605 e. The molecule has 0 fully saturated rings. The first-order chi connectivity index (χ1) is 9.74. The highest BCUT2D eigenvalue weighted by atomic mass is 15.0. The summed E-state index contributed by atoms with van der Waals surface area (Å²) in [6.07, 6.45) is 5.51. The summed E-state index contributed by atoms with van der Waals surface area (Å²) in [6, 6.07) is 13.8. The third kappa shape index (κ3) is 2.75. The normalized spacial score (nSPS) is 19.4. The molecule has 1 aliphatic rings. The SMILES string of the molecule is Cc1ccc([C@H](C)N[C@H]2CCCc3cccnc32)cc1. The van der Waals surface area contributed by atoms with Crippen molar-refractivity contribution in [2.75, 3.05) is 0 Å². The molecule has 2 heteroatoms. The Balaban J connectivity index is 1.77. The number of hydrogen-bond donors (Lipinski definition) is 1. The number of nitrogens with zero attached hydrogens (tertiary/aromatic N) is 1. The van der Waals surface area contributed by atoms with Gasteiger partial charge < -0.3 is 5.32 Å². The molecule has 1 aliphatic carbocycles. The number of fused-ring (bicyclic) bond motifs is 1. The number of aryl methyl sites for hydroxylation is 2. The molecule has 0 aliphatic heterocycles. The van der Waals surface area contributed by atoms with Crippen LogP contribution in [0.1, 0.15) is 54.2 Å². The van der Waals surface area contributed by atoms with E-state index in [0.717, 1.165) is 0 Å². The van der Waals surface area contributed by atoms with Crippen LogP contribution >= 0.6 is 0 Å². The van der Waals surface area contributed by atoms with E-state index < -0.39 is 0 Å². The maximum absolute atomic E-state index is 4.60. The Morgan fingerprint density at radius 2 is 2.00 bits per heavy atom. The number of pyridine rings is 1. The number of aromatic nitrogens is 1. The van der Waals surface area contributed by atoms with Crippen molar-refractivity contribution < 1.29 is 0 Å². The van der Waals surface area contributed by atoms with Crippen LogP contribution in [0, 0.1) is 6.92 Å². The van der Waals surface area contributed by atoms with Gasteiger partial charge in [0.1, 0.15) is 0 Å². The van der Waals surface area contributed by atoms with E-state index in [-0.39, 0.29) is 0 Å². The predicted octanol–water partition coefficient (Wildman–Crippen LogP) is 4.12. The fourth-order valence-corrected chi connectivity index (χ4v) is 3.02. The standard InChI is InChI=1S/C18H22N2/c1-13-8-10-15(11-9-13)14(2)20-17-7-3-5-16-6-4-12-19-18(16)17/h4,6,8-12,14,17,20H,3,5,7H2,1-2H3/t14-,17-/m0/s1. The summed E-state index contributed by atoms with van der Waals surface area (Å²) in [5.41, 5.74) is 5.31. The lowest BCUT2D eigenvalue weighted by molar-refractivity contribution is 0.406. The van der Waals surface area contributed by atoms with Crippen molar-refractivity contribution in [3.05, 3.63) is 65.0 Å². The predicted molar refractivity (Wildman–Crippen MR) is 82.6 cm³/mol. The second kappa shape index (κ2) is 5.76. The molecule has 1 aromatic heterocycles. The van der Waals surface area contributed by atoms with Gasteiger partial charge in [0.2, 0.25) is 0 Å². The lowest BCUT2D eigenvalue weighted by atomic mass is 9.91. The summed E-state index contributed by atoms with van der Waals surface area (Å²) >= 11 is 0. The fourth-order valence-electron chi connectivity index (χ4n) is 3.02. The van der Waals surface area contributed by atoms with Crippen LogP contribution in [0.15, 0.2) is 42.6 Å². The highest BCUT2D eigenvalue weighted by Crippen LogP contribution is 2.30. The molecule has 0 bridgehead atoms. The van der Waals surface area contributed by atoms with Crippen molar-refractivity contribution in [2.45, 2.75) is 45.2 Å². The van der Waals surface area contributed by atoms with Gasteiger partial charge in [-0.2, -0.15) is 0 Å². The van der Waals surface area contributed by atoms with Gasteiger partial charge in [0.15, 0.2) is 0 Å². The number of nitrogens with one attached hydrogen (secondary N) is 1. The minimum Gasteiger partial charge on any atom is -0.302 e. The lowest BCUT2D eigenvalue weighted by Gasteiger charge is -2.28. The van der Waals surface area contributed by atoms with Crippen molar-refractivity contribution >= 4 is 0 Å². The Bertz CT molecular complexity index is 574. The van der Waals surface area contributed by atoms with E-state index in [4.69, 9.17) is 0 Å². The van der Waals surface area contributed by atoms with E-state index in [0.29, 0.717) is 12.1 Å². The quantitative estimate of drug-likeness (QED) is 0.904. The van der Waals surface area contributed by atoms with Gasteiger partial charge in [-0.1, -0.05) is 35.9 Å². The summed E-state index contributed by atoms with van der Waals surface area (Å²) < 4.78 is 0. The second-order valence-corrected chi connectivity index (χ2v) is 5.79. The van der Waals surface area contributed by atoms with Crippen LogP contribution in [0.25, 0.3) is 0 Å². The van der Waals surface area contributed by atoms with Crippen LogP contribution in [0.4, 0.5) is 0 Å². The molecule has 1 aromatic carbocycles. The second-order valence-electron chi connectivity index (χ2n) is 5.79. The van der Waals surface area contributed by atoms with Crippen LogP contribution in [0.3, 0.4) is 0 Å². The van der Waals surface area contributed by atoms with Crippen LogP contribution in [-0.4, -0.2) is 4.98 Å². The van der Waals surface area contributed by atoms with E-state index >= 15 is 0 Å². The molecular formula is C18H22N2. The van der Waals surface area contributed by atoms with E-state index in [1.54, 1.807) is 0 Å². The number of hydrogen-bond acceptors (Lipinski definition) is 2. The number of benzene rings is 1. The van der Waals surface area contributed by atoms with Gasteiger partial charge in [-0.3, -0.25) is 4.98 Å². The topological polar surface area (TPSA) is 24.9 Å². The molecule has 1 N–H and O–H groups in total. The first-order valence-corrected chi connectivity index (χ1v) is 7.50. The molecule has 2 nitrogen and oxygen atoms in total. The van der Waals surface area contributed by atoms with Crippen molar-refractivity contribution in [1.82, 2.24) is 10.3 Å². The average Bonchev–Trinajstić information content (AvgIpc) is 2.48. The molecule has 0 saturated heterocycles. The van der Waals surface area contributed by atoms with Gasteiger partial charge >= 0.3 is 0 Å². The first kappa shape index (κ1) is 13.3. The zero-order valence-electron chi connectivity index (χ0n) is 12.3. The van der Waals surface area contributed by atoms with Crippen molar-refractivity contribution in [2.24, 2.45) is 0 Å². The van der Waals surface area contributed by atoms with Crippen molar-refractivity contribution in [3.8, 4) is 0 Å². The molecule has 2 atom stereocenters. The molecule has 0 unspecified atom stereocenters. The molecule has 0 radical (unpaired) electrons. The maximum atomic E-state index is 4.60. The van der Waals surface area contributed by atoms with Crippen LogP contribution in [-0.2, 0) is 6.42 Å². The van der Waals surface area contributed by atoms with Gasteiger partial charge in [-0.25, -0.2) is 0 Å². The van der Waals surface area contributed by atoms with Crippen molar-refractivity contribution in [3.63, 3.8) is 0 Å². The van der Waals surface area contributed by atoms with Crippen LogP contribution < -0.4 is 5.32 Å². The highest BCUT2D eigenvalue weighted by molar-refractivity contribution is 5.27. The van der Waals surface area contributed by atoms with Gasteiger partial charge in [0, 0.05) is 12.2 Å². The molecular weight excluding hydrogens is 244 g/mol. The largest absolute Gasteiger partial charge is 0.302 e. The molecule has 0 spiro atoms. The summed E-state index contributed by atoms with van der Waals surface area (Å²) in [5, 5.41) is 3.75. The fraction of sp³-hybridized carbons (Fsp3) is 0.389. The third-order valence-corrected chi connectivity index (χ3v) is 4.22. The molecule has 0 saturated carbocycles. The average molecular weight is 266 g/mol. The van der Waals surface area contributed by atoms with Crippen LogP contribution in [0.2, 0.25) is 0 Å². The monoisotopic (exact) mass is 266 g/mol. The first-order valence-electron chi connectivity index (χ1n) is 7.50. The molecule has 1 heterocycles. The van der Waals surface area contributed by atoms with Gasteiger partial charge in [0.25, 0.3) is 0 Å². The maximum Gasteiger partial charge on any atom is 0.0605 e.